The second kappa shape index (κ2) is 13.5. The van der Waals surface area contributed by atoms with Crippen molar-refractivity contribution in [2.45, 2.75) is 50.4 Å². The van der Waals surface area contributed by atoms with Gasteiger partial charge in [0.1, 0.15) is 0 Å². The highest BCUT2D eigenvalue weighted by molar-refractivity contribution is 5.94. The molecule has 1 spiro atoms. The molecule has 0 N–H and O–H groups in total. The van der Waals surface area contributed by atoms with E-state index in [0.717, 1.165) is 25.7 Å². The maximum atomic E-state index is 2.57. The third-order valence-electron chi connectivity index (χ3n) is 13.4. The van der Waals surface area contributed by atoms with E-state index in [1.165, 1.54) is 89.8 Å². The highest BCUT2D eigenvalue weighted by Gasteiger charge is 2.49. The van der Waals surface area contributed by atoms with Crippen LogP contribution in [0.1, 0.15) is 60.1 Å². The van der Waals surface area contributed by atoms with Crippen molar-refractivity contribution in [2.75, 3.05) is 9.80 Å². The molecule has 1 atom stereocenters. The van der Waals surface area contributed by atoms with Gasteiger partial charge < -0.3 is 9.80 Å². The number of hydrogen-bond donors (Lipinski definition) is 0. The van der Waals surface area contributed by atoms with Gasteiger partial charge in [0.2, 0.25) is 0 Å². The van der Waals surface area contributed by atoms with Crippen LogP contribution in [-0.4, -0.2) is 0 Å². The molecule has 3 aliphatic rings. The summed E-state index contributed by atoms with van der Waals surface area (Å²) in [7, 11) is 0. The monoisotopic (exact) mass is 746 g/mol. The smallest absolute Gasteiger partial charge is 0.0505 e. The van der Waals surface area contributed by atoms with Crippen LogP contribution in [0.5, 0.6) is 0 Å². The number of benzene rings is 8. The molecule has 0 bridgehead atoms. The van der Waals surface area contributed by atoms with Gasteiger partial charge in [-0.15, -0.1) is 0 Å². The van der Waals surface area contributed by atoms with Gasteiger partial charge in [-0.1, -0.05) is 147 Å². The summed E-state index contributed by atoms with van der Waals surface area (Å²) < 4.78 is 0. The van der Waals surface area contributed by atoms with Gasteiger partial charge >= 0.3 is 0 Å². The molecule has 8 aromatic rings. The van der Waals surface area contributed by atoms with Crippen LogP contribution in [0.2, 0.25) is 0 Å². The fourth-order valence-corrected chi connectivity index (χ4v) is 10.9. The van der Waals surface area contributed by atoms with Gasteiger partial charge in [0.05, 0.1) is 11.4 Å². The molecule has 11 rings (SSSR count). The second-order valence-corrected chi connectivity index (χ2v) is 16.8. The van der Waals surface area contributed by atoms with Gasteiger partial charge in [-0.25, -0.2) is 0 Å². The van der Waals surface area contributed by atoms with Crippen LogP contribution >= 0.6 is 0 Å². The molecule has 2 heteroatoms. The largest absolute Gasteiger partial charge is 0.310 e. The Balaban J connectivity index is 1.11. The van der Waals surface area contributed by atoms with Gasteiger partial charge in [-0.2, -0.15) is 0 Å². The highest BCUT2D eigenvalue weighted by Crippen LogP contribution is 2.60. The molecule has 0 saturated carbocycles. The van der Waals surface area contributed by atoms with E-state index < -0.39 is 0 Å². The third kappa shape index (κ3) is 5.24. The van der Waals surface area contributed by atoms with Crippen molar-refractivity contribution in [2.24, 2.45) is 0 Å². The van der Waals surface area contributed by atoms with Gasteiger partial charge in [0.15, 0.2) is 0 Å². The Morgan fingerprint density at radius 3 is 1.41 bits per heavy atom. The van der Waals surface area contributed by atoms with Gasteiger partial charge in [-0.3, -0.25) is 0 Å². The van der Waals surface area contributed by atoms with Crippen LogP contribution in [0.25, 0.3) is 22.3 Å². The molecule has 0 heterocycles. The molecule has 8 aromatic carbocycles. The lowest BCUT2D eigenvalue weighted by molar-refractivity contribution is 0.508. The van der Waals surface area contributed by atoms with Gasteiger partial charge in [-0.05, 0) is 142 Å². The highest BCUT2D eigenvalue weighted by atomic mass is 15.2. The summed E-state index contributed by atoms with van der Waals surface area (Å²) in [5, 5.41) is 0. The first kappa shape index (κ1) is 34.6. The SMILES string of the molecule is CC1(C)c2cc(N(c3ccccc3)c3cccc4c3[C@]3(CCc5cccc(N(c6ccccc6)c6ccccc6)c53)CC4)ccc2-c2c(-c3ccccc3)cccc21. The van der Waals surface area contributed by atoms with Crippen LogP contribution in [0.15, 0.2) is 194 Å². The second-order valence-electron chi connectivity index (χ2n) is 16.8. The minimum Gasteiger partial charge on any atom is -0.310 e. The first-order valence-electron chi connectivity index (χ1n) is 20.9. The molecule has 3 aliphatic carbocycles. The maximum absolute atomic E-state index is 2.57. The van der Waals surface area contributed by atoms with E-state index in [-0.39, 0.29) is 10.8 Å². The predicted octanol–water partition coefficient (Wildman–Crippen LogP) is 14.8. The van der Waals surface area contributed by atoms with E-state index in [0.29, 0.717) is 0 Å². The van der Waals surface area contributed by atoms with Crippen molar-refractivity contribution >= 4 is 34.1 Å². The van der Waals surface area contributed by atoms with E-state index in [4.69, 9.17) is 0 Å². The summed E-state index contributed by atoms with van der Waals surface area (Å²) in [5.74, 6) is 0. The molecule has 0 saturated heterocycles. The summed E-state index contributed by atoms with van der Waals surface area (Å²) in [4.78, 5) is 5.06. The normalized spacial score (nSPS) is 16.7. The lowest BCUT2D eigenvalue weighted by Gasteiger charge is -2.37. The number of para-hydroxylation sites is 3. The molecule has 0 aliphatic heterocycles. The quantitative estimate of drug-likeness (QED) is 0.160. The number of anilines is 6. The summed E-state index contributed by atoms with van der Waals surface area (Å²) in [6.45, 7) is 4.81. The Morgan fingerprint density at radius 2 is 0.879 bits per heavy atom. The van der Waals surface area contributed by atoms with Crippen LogP contribution in [0.3, 0.4) is 0 Å². The van der Waals surface area contributed by atoms with E-state index in [9.17, 15) is 0 Å². The minimum atomic E-state index is -0.161. The molecule has 0 unspecified atom stereocenters. The zero-order valence-electron chi connectivity index (χ0n) is 33.2. The molecule has 58 heavy (non-hydrogen) atoms. The standard InChI is InChI=1S/C56H46N2/c1-55(2)48-29-17-28-46(39-18-7-3-8-19-39)52(48)47-33-32-45(38-49(47)55)58(44-26-13-6-14-27-44)51-31-16-21-41-35-37-56(54(41)51)36-34-40-20-15-30-50(53(40)56)57(42-22-9-4-10-23-42)43-24-11-5-12-25-43/h3-33,38H,34-37H2,1-2H3/t56-/m1/s1. The maximum Gasteiger partial charge on any atom is 0.0505 e. The van der Waals surface area contributed by atoms with Crippen molar-refractivity contribution in [1.29, 1.82) is 0 Å². The van der Waals surface area contributed by atoms with E-state index in [1.54, 1.807) is 0 Å². The Bertz CT molecular complexity index is 2760. The number of aryl methyl sites for hydroxylation is 2. The topological polar surface area (TPSA) is 6.48 Å². The Hall–Kier alpha value is -6.64. The summed E-state index contributed by atoms with van der Waals surface area (Å²) >= 11 is 0. The molecule has 0 fully saturated rings. The average Bonchev–Trinajstić information content (AvgIpc) is 3.93. The molecular weight excluding hydrogens is 701 g/mol. The van der Waals surface area contributed by atoms with Crippen molar-refractivity contribution in [3.8, 4) is 22.3 Å². The number of rotatable bonds is 7. The lowest BCUT2D eigenvalue weighted by Crippen LogP contribution is -2.27. The van der Waals surface area contributed by atoms with Crippen LogP contribution < -0.4 is 9.80 Å². The van der Waals surface area contributed by atoms with Gasteiger partial charge in [0, 0.05) is 33.6 Å². The predicted molar refractivity (Wildman–Crippen MR) is 243 cm³/mol. The fraction of sp³-hybridized carbons (Fsp3) is 0.143. The van der Waals surface area contributed by atoms with Crippen molar-refractivity contribution < 1.29 is 0 Å². The first-order chi connectivity index (χ1) is 28.5. The molecule has 0 amide bonds. The van der Waals surface area contributed by atoms with Crippen molar-refractivity contribution in [3.05, 3.63) is 228 Å². The molecular formula is C56H46N2. The summed E-state index contributed by atoms with van der Waals surface area (Å²) in [6, 6.07) is 72.0. The number of fused-ring (bicyclic) bond motifs is 7. The zero-order valence-corrected chi connectivity index (χ0v) is 33.2. The molecule has 2 nitrogen and oxygen atoms in total. The van der Waals surface area contributed by atoms with Crippen molar-refractivity contribution in [3.63, 3.8) is 0 Å². The van der Waals surface area contributed by atoms with Crippen LogP contribution in [0, 0.1) is 0 Å². The Labute approximate surface area is 342 Å². The first-order valence-corrected chi connectivity index (χ1v) is 20.9. The van der Waals surface area contributed by atoms with Crippen LogP contribution in [0.4, 0.5) is 34.1 Å². The lowest BCUT2D eigenvalue weighted by atomic mass is 9.74. The summed E-state index contributed by atoms with van der Waals surface area (Å²) in [6.07, 6.45) is 4.32. The number of nitrogens with zero attached hydrogens (tertiary/aromatic N) is 2. The Morgan fingerprint density at radius 1 is 0.397 bits per heavy atom. The number of hydrogen-bond acceptors (Lipinski definition) is 2. The average molecular weight is 747 g/mol. The van der Waals surface area contributed by atoms with Gasteiger partial charge in [0.25, 0.3) is 0 Å². The van der Waals surface area contributed by atoms with Crippen LogP contribution in [-0.2, 0) is 23.7 Å². The van der Waals surface area contributed by atoms with E-state index in [2.05, 4.69) is 218 Å². The van der Waals surface area contributed by atoms with E-state index in [1.807, 2.05) is 0 Å². The zero-order chi connectivity index (χ0) is 38.8. The molecule has 0 radical (unpaired) electrons. The Kier molecular flexibility index (Phi) is 8.05. The fourth-order valence-electron chi connectivity index (χ4n) is 10.9. The molecule has 0 aromatic heterocycles. The summed E-state index contributed by atoms with van der Waals surface area (Å²) in [5.41, 5.74) is 20.9. The minimum absolute atomic E-state index is 0.135. The molecule has 280 valence electrons. The van der Waals surface area contributed by atoms with Crippen molar-refractivity contribution in [1.82, 2.24) is 0 Å². The third-order valence-corrected chi connectivity index (χ3v) is 13.4. The van der Waals surface area contributed by atoms with E-state index >= 15 is 0 Å².